The van der Waals surface area contributed by atoms with E-state index in [1.54, 1.807) is 6.20 Å². The highest BCUT2D eigenvalue weighted by Gasteiger charge is 2.04. The van der Waals surface area contributed by atoms with Gasteiger partial charge in [0.2, 0.25) is 0 Å². The molecule has 0 aliphatic heterocycles. The predicted molar refractivity (Wildman–Crippen MR) is 67.6 cm³/mol. The van der Waals surface area contributed by atoms with Crippen LogP contribution in [0.15, 0.2) is 36.5 Å². The molecule has 4 nitrogen and oxygen atoms in total. The minimum Gasteiger partial charge on any atom is -0.491 e. The van der Waals surface area contributed by atoms with Crippen LogP contribution < -0.4 is 10.5 Å². The standard InChI is InChI=1S/C13H15N3O/c1-9(2)17-11-5-3-10(4-6-11)12-7-8-15-16-13(12)14/h3-9H,1-2H3,(H2,14,16). The fourth-order valence-corrected chi connectivity index (χ4v) is 1.57. The molecule has 0 radical (unpaired) electrons. The molecule has 0 fully saturated rings. The van der Waals surface area contributed by atoms with E-state index in [0.717, 1.165) is 16.9 Å². The van der Waals surface area contributed by atoms with Gasteiger partial charge in [-0.3, -0.25) is 0 Å². The SMILES string of the molecule is CC(C)Oc1ccc(-c2ccnnc2N)cc1. The van der Waals surface area contributed by atoms with Crippen LogP contribution in [0.3, 0.4) is 0 Å². The van der Waals surface area contributed by atoms with Crippen LogP contribution in [-0.2, 0) is 0 Å². The fourth-order valence-electron chi connectivity index (χ4n) is 1.57. The van der Waals surface area contributed by atoms with Crippen molar-refractivity contribution in [3.63, 3.8) is 0 Å². The van der Waals surface area contributed by atoms with Crippen molar-refractivity contribution < 1.29 is 4.74 Å². The summed E-state index contributed by atoms with van der Waals surface area (Å²) in [5, 5.41) is 7.55. The monoisotopic (exact) mass is 229 g/mol. The van der Waals surface area contributed by atoms with Gasteiger partial charge in [0.25, 0.3) is 0 Å². The molecule has 1 aromatic heterocycles. The van der Waals surface area contributed by atoms with Gasteiger partial charge < -0.3 is 10.5 Å². The number of rotatable bonds is 3. The molecule has 17 heavy (non-hydrogen) atoms. The molecule has 0 saturated heterocycles. The number of nitrogens with two attached hydrogens (primary N) is 1. The molecule has 0 saturated carbocycles. The van der Waals surface area contributed by atoms with E-state index >= 15 is 0 Å². The Balaban J connectivity index is 2.27. The lowest BCUT2D eigenvalue weighted by Gasteiger charge is -2.10. The Morgan fingerprint density at radius 3 is 2.41 bits per heavy atom. The molecular formula is C13H15N3O. The topological polar surface area (TPSA) is 61.0 Å². The first-order valence-corrected chi connectivity index (χ1v) is 5.51. The highest BCUT2D eigenvalue weighted by atomic mass is 16.5. The molecule has 0 aliphatic carbocycles. The molecule has 2 aromatic rings. The van der Waals surface area contributed by atoms with Crippen molar-refractivity contribution in [2.24, 2.45) is 0 Å². The van der Waals surface area contributed by atoms with E-state index in [0.29, 0.717) is 5.82 Å². The molecule has 0 amide bonds. The Morgan fingerprint density at radius 2 is 1.82 bits per heavy atom. The number of hydrogen-bond donors (Lipinski definition) is 1. The van der Waals surface area contributed by atoms with Crippen molar-refractivity contribution in [2.75, 3.05) is 5.73 Å². The summed E-state index contributed by atoms with van der Waals surface area (Å²) in [6.45, 7) is 4.00. The first-order valence-electron chi connectivity index (χ1n) is 5.51. The molecule has 0 spiro atoms. The van der Waals surface area contributed by atoms with E-state index in [2.05, 4.69) is 10.2 Å². The van der Waals surface area contributed by atoms with Crippen LogP contribution in [0.5, 0.6) is 5.75 Å². The molecule has 88 valence electrons. The summed E-state index contributed by atoms with van der Waals surface area (Å²) in [6, 6.07) is 9.63. The first kappa shape index (κ1) is 11.4. The maximum Gasteiger partial charge on any atom is 0.153 e. The number of hydrogen-bond acceptors (Lipinski definition) is 4. The normalized spacial score (nSPS) is 10.5. The molecule has 0 bridgehead atoms. The molecule has 0 aliphatic rings. The second-order valence-corrected chi connectivity index (χ2v) is 4.02. The highest BCUT2D eigenvalue weighted by molar-refractivity contribution is 5.73. The smallest absolute Gasteiger partial charge is 0.153 e. The van der Waals surface area contributed by atoms with Crippen LogP contribution in [0.1, 0.15) is 13.8 Å². The Bertz CT molecular complexity index is 494. The van der Waals surface area contributed by atoms with Crippen LogP contribution >= 0.6 is 0 Å². The third kappa shape index (κ3) is 2.72. The third-order valence-electron chi connectivity index (χ3n) is 2.29. The van der Waals surface area contributed by atoms with E-state index in [1.165, 1.54) is 0 Å². The Morgan fingerprint density at radius 1 is 1.12 bits per heavy atom. The van der Waals surface area contributed by atoms with Crippen LogP contribution in [-0.4, -0.2) is 16.3 Å². The Kier molecular flexibility index (Phi) is 3.23. The van der Waals surface area contributed by atoms with Gasteiger partial charge in [0.05, 0.1) is 12.3 Å². The van der Waals surface area contributed by atoms with E-state index in [4.69, 9.17) is 10.5 Å². The van der Waals surface area contributed by atoms with Gasteiger partial charge in [-0.15, -0.1) is 5.10 Å². The summed E-state index contributed by atoms with van der Waals surface area (Å²) >= 11 is 0. The van der Waals surface area contributed by atoms with E-state index < -0.39 is 0 Å². The average Bonchev–Trinajstić information content (AvgIpc) is 2.30. The van der Waals surface area contributed by atoms with E-state index in [9.17, 15) is 0 Å². The molecule has 0 unspecified atom stereocenters. The quantitative estimate of drug-likeness (QED) is 0.878. The molecule has 1 aromatic carbocycles. The Hall–Kier alpha value is -2.10. The number of anilines is 1. The third-order valence-corrected chi connectivity index (χ3v) is 2.29. The van der Waals surface area contributed by atoms with Crippen molar-refractivity contribution in [2.45, 2.75) is 20.0 Å². The van der Waals surface area contributed by atoms with Crippen LogP contribution in [0, 0.1) is 0 Å². The maximum absolute atomic E-state index is 5.77. The van der Waals surface area contributed by atoms with Gasteiger partial charge in [0, 0.05) is 5.56 Å². The largest absolute Gasteiger partial charge is 0.491 e. The summed E-state index contributed by atoms with van der Waals surface area (Å²) in [5.41, 5.74) is 7.66. The minimum absolute atomic E-state index is 0.175. The molecule has 1 heterocycles. The van der Waals surface area contributed by atoms with Crippen molar-refractivity contribution in [1.29, 1.82) is 0 Å². The lowest BCUT2D eigenvalue weighted by atomic mass is 10.1. The lowest BCUT2D eigenvalue weighted by Crippen LogP contribution is -2.05. The van der Waals surface area contributed by atoms with Gasteiger partial charge in [-0.05, 0) is 37.6 Å². The highest BCUT2D eigenvalue weighted by Crippen LogP contribution is 2.25. The molecular weight excluding hydrogens is 214 g/mol. The van der Waals surface area contributed by atoms with Crippen LogP contribution in [0.4, 0.5) is 5.82 Å². The van der Waals surface area contributed by atoms with E-state index in [-0.39, 0.29) is 6.10 Å². The summed E-state index contributed by atoms with van der Waals surface area (Å²) in [4.78, 5) is 0. The molecule has 2 N–H and O–H groups in total. The van der Waals surface area contributed by atoms with Crippen molar-refractivity contribution in [3.05, 3.63) is 36.5 Å². The molecule has 4 heteroatoms. The fraction of sp³-hybridized carbons (Fsp3) is 0.231. The number of nitrogen functional groups attached to an aromatic ring is 1. The minimum atomic E-state index is 0.175. The number of nitrogens with zero attached hydrogens (tertiary/aromatic N) is 2. The van der Waals surface area contributed by atoms with Gasteiger partial charge in [0.1, 0.15) is 5.75 Å². The Labute approximate surface area is 100 Å². The maximum atomic E-state index is 5.77. The molecule has 2 rings (SSSR count). The zero-order valence-electron chi connectivity index (χ0n) is 9.92. The van der Waals surface area contributed by atoms with Crippen LogP contribution in [0.2, 0.25) is 0 Å². The van der Waals surface area contributed by atoms with Gasteiger partial charge in [-0.1, -0.05) is 12.1 Å². The second kappa shape index (κ2) is 4.82. The van der Waals surface area contributed by atoms with Crippen LogP contribution in [0.25, 0.3) is 11.1 Å². The van der Waals surface area contributed by atoms with Gasteiger partial charge >= 0.3 is 0 Å². The second-order valence-electron chi connectivity index (χ2n) is 4.02. The zero-order chi connectivity index (χ0) is 12.3. The van der Waals surface area contributed by atoms with Crippen molar-refractivity contribution >= 4 is 5.82 Å². The van der Waals surface area contributed by atoms with Gasteiger partial charge in [0.15, 0.2) is 5.82 Å². The van der Waals surface area contributed by atoms with Crippen molar-refractivity contribution in [1.82, 2.24) is 10.2 Å². The number of aromatic nitrogens is 2. The predicted octanol–water partition coefficient (Wildman–Crippen LogP) is 2.51. The summed E-state index contributed by atoms with van der Waals surface area (Å²) in [5.74, 6) is 1.29. The van der Waals surface area contributed by atoms with E-state index in [1.807, 2.05) is 44.2 Å². The summed E-state index contributed by atoms with van der Waals surface area (Å²) in [6.07, 6.45) is 1.80. The number of ether oxygens (including phenoxy) is 1. The average molecular weight is 229 g/mol. The number of benzene rings is 1. The summed E-state index contributed by atoms with van der Waals surface area (Å²) in [7, 11) is 0. The lowest BCUT2D eigenvalue weighted by molar-refractivity contribution is 0.242. The first-order chi connectivity index (χ1) is 8.16. The van der Waals surface area contributed by atoms with Gasteiger partial charge in [-0.2, -0.15) is 5.10 Å². The molecule has 0 atom stereocenters. The van der Waals surface area contributed by atoms with Gasteiger partial charge in [-0.25, -0.2) is 0 Å². The summed E-state index contributed by atoms with van der Waals surface area (Å²) < 4.78 is 5.58. The van der Waals surface area contributed by atoms with Crippen molar-refractivity contribution in [3.8, 4) is 16.9 Å². The zero-order valence-corrected chi connectivity index (χ0v) is 9.92.